The standard InChI is InChI=1S/C27H28N4O3/c1-5-34-24-17-11-10-16-23(24)31-25(28-22-15-9-7-13-20(22)26(31)32)19(3)30(4)27(33)29-21-14-8-6-12-18(21)2/h6-17,19H,5H2,1-4H3,(H,29,33). The highest BCUT2D eigenvalue weighted by molar-refractivity contribution is 5.90. The Hall–Kier alpha value is -4.13. The molecular weight excluding hydrogens is 428 g/mol. The van der Waals surface area contributed by atoms with E-state index in [1.807, 2.05) is 81.4 Å². The van der Waals surface area contributed by atoms with Gasteiger partial charge in [0.15, 0.2) is 0 Å². The predicted octanol–water partition coefficient (Wildman–Crippen LogP) is 5.32. The van der Waals surface area contributed by atoms with Gasteiger partial charge >= 0.3 is 6.03 Å². The number of amides is 2. The van der Waals surface area contributed by atoms with Gasteiger partial charge in [-0.1, -0.05) is 42.5 Å². The van der Waals surface area contributed by atoms with E-state index in [1.54, 1.807) is 28.6 Å². The first-order valence-corrected chi connectivity index (χ1v) is 11.3. The van der Waals surface area contributed by atoms with Crippen LogP contribution in [0, 0.1) is 6.92 Å². The van der Waals surface area contributed by atoms with E-state index in [-0.39, 0.29) is 11.6 Å². The first kappa shape index (κ1) is 23.0. The predicted molar refractivity (Wildman–Crippen MR) is 135 cm³/mol. The van der Waals surface area contributed by atoms with E-state index < -0.39 is 6.04 Å². The Bertz CT molecular complexity index is 1400. The molecule has 0 bridgehead atoms. The molecule has 0 radical (unpaired) electrons. The van der Waals surface area contributed by atoms with Gasteiger partial charge in [0.2, 0.25) is 0 Å². The first-order valence-electron chi connectivity index (χ1n) is 11.3. The van der Waals surface area contributed by atoms with Gasteiger partial charge in [-0.05, 0) is 56.7 Å². The fraction of sp³-hybridized carbons (Fsp3) is 0.222. The van der Waals surface area contributed by atoms with Crippen molar-refractivity contribution >= 4 is 22.6 Å². The fourth-order valence-corrected chi connectivity index (χ4v) is 3.85. The summed E-state index contributed by atoms with van der Waals surface area (Å²) in [5, 5.41) is 3.45. The molecule has 174 valence electrons. The van der Waals surface area contributed by atoms with E-state index in [2.05, 4.69) is 5.32 Å². The molecule has 0 saturated heterocycles. The molecule has 0 saturated carbocycles. The van der Waals surface area contributed by atoms with Crippen LogP contribution in [0.1, 0.15) is 31.3 Å². The van der Waals surface area contributed by atoms with E-state index in [0.717, 1.165) is 11.3 Å². The van der Waals surface area contributed by atoms with Crippen LogP contribution in [0.2, 0.25) is 0 Å². The first-order chi connectivity index (χ1) is 16.4. The summed E-state index contributed by atoms with van der Waals surface area (Å²) in [4.78, 5) is 33.2. The highest BCUT2D eigenvalue weighted by atomic mass is 16.5. The maximum atomic E-state index is 13.7. The highest BCUT2D eigenvalue weighted by Crippen LogP contribution is 2.27. The quantitative estimate of drug-likeness (QED) is 0.426. The molecule has 1 atom stereocenters. The van der Waals surface area contributed by atoms with E-state index >= 15 is 0 Å². The van der Waals surface area contributed by atoms with Crippen LogP contribution in [0.25, 0.3) is 16.6 Å². The second-order valence-corrected chi connectivity index (χ2v) is 8.06. The summed E-state index contributed by atoms with van der Waals surface area (Å²) < 4.78 is 7.36. The van der Waals surface area contributed by atoms with Gasteiger partial charge in [-0.2, -0.15) is 0 Å². The number of hydrogen-bond donors (Lipinski definition) is 1. The number of ether oxygens (including phenoxy) is 1. The zero-order valence-corrected chi connectivity index (χ0v) is 19.8. The number of hydrogen-bond acceptors (Lipinski definition) is 4. The van der Waals surface area contributed by atoms with Crippen molar-refractivity contribution in [2.24, 2.45) is 0 Å². The van der Waals surface area contributed by atoms with Crippen molar-refractivity contribution in [3.05, 3.63) is 94.5 Å². The third kappa shape index (κ3) is 4.37. The largest absolute Gasteiger partial charge is 0.492 e. The molecule has 2 amide bonds. The Morgan fingerprint density at radius 2 is 1.74 bits per heavy atom. The van der Waals surface area contributed by atoms with Crippen LogP contribution >= 0.6 is 0 Å². The SMILES string of the molecule is CCOc1ccccc1-n1c(C(C)N(C)C(=O)Nc2ccccc2C)nc2ccccc2c1=O. The molecule has 4 rings (SSSR count). The van der Waals surface area contributed by atoms with Crippen molar-refractivity contribution in [2.45, 2.75) is 26.8 Å². The van der Waals surface area contributed by atoms with Crippen molar-refractivity contribution in [2.75, 3.05) is 19.0 Å². The molecule has 1 N–H and O–H groups in total. The van der Waals surface area contributed by atoms with Crippen LogP contribution in [-0.4, -0.2) is 34.1 Å². The molecule has 0 aliphatic carbocycles. The second-order valence-electron chi connectivity index (χ2n) is 8.06. The summed E-state index contributed by atoms with van der Waals surface area (Å²) >= 11 is 0. The highest BCUT2D eigenvalue weighted by Gasteiger charge is 2.25. The number of carbonyl (C=O) groups excluding carboxylic acids is 1. The molecule has 7 heteroatoms. The van der Waals surface area contributed by atoms with E-state index in [4.69, 9.17) is 9.72 Å². The zero-order valence-electron chi connectivity index (χ0n) is 19.8. The minimum atomic E-state index is -0.518. The number of urea groups is 1. The summed E-state index contributed by atoms with van der Waals surface area (Å²) in [5.41, 5.74) is 2.64. The third-order valence-electron chi connectivity index (χ3n) is 5.87. The molecule has 0 fully saturated rings. The Balaban J connectivity index is 1.83. The number of carbonyl (C=O) groups is 1. The molecular formula is C27H28N4O3. The van der Waals surface area contributed by atoms with Gasteiger partial charge in [-0.3, -0.25) is 9.36 Å². The van der Waals surface area contributed by atoms with E-state index in [0.29, 0.717) is 34.8 Å². The van der Waals surface area contributed by atoms with Crippen molar-refractivity contribution in [3.8, 4) is 11.4 Å². The van der Waals surface area contributed by atoms with Gasteiger partial charge in [-0.25, -0.2) is 9.78 Å². The van der Waals surface area contributed by atoms with Crippen LogP contribution in [0.3, 0.4) is 0 Å². The normalized spacial score (nSPS) is 11.8. The molecule has 1 aromatic heterocycles. The van der Waals surface area contributed by atoms with Crippen LogP contribution in [0.4, 0.5) is 10.5 Å². The number of aromatic nitrogens is 2. The second kappa shape index (κ2) is 9.79. The molecule has 7 nitrogen and oxygen atoms in total. The number of benzene rings is 3. The Morgan fingerprint density at radius 3 is 2.50 bits per heavy atom. The van der Waals surface area contributed by atoms with Crippen LogP contribution in [-0.2, 0) is 0 Å². The Labute approximate surface area is 198 Å². The lowest BCUT2D eigenvalue weighted by molar-refractivity contribution is 0.205. The summed E-state index contributed by atoms with van der Waals surface area (Å²) in [5.74, 6) is 1.02. The summed E-state index contributed by atoms with van der Waals surface area (Å²) in [7, 11) is 1.69. The smallest absolute Gasteiger partial charge is 0.322 e. The molecule has 1 unspecified atom stereocenters. The number of para-hydroxylation sites is 4. The van der Waals surface area contributed by atoms with Crippen molar-refractivity contribution in [1.82, 2.24) is 14.5 Å². The maximum Gasteiger partial charge on any atom is 0.322 e. The fourth-order valence-electron chi connectivity index (χ4n) is 3.85. The van der Waals surface area contributed by atoms with Crippen LogP contribution < -0.4 is 15.6 Å². The molecule has 0 aliphatic rings. The summed E-state index contributed by atoms with van der Waals surface area (Å²) in [6.45, 7) is 6.14. The van der Waals surface area contributed by atoms with Gasteiger partial charge in [-0.15, -0.1) is 0 Å². The number of fused-ring (bicyclic) bond motifs is 1. The Kier molecular flexibility index (Phi) is 6.63. The maximum absolute atomic E-state index is 13.7. The Morgan fingerprint density at radius 1 is 1.06 bits per heavy atom. The molecule has 3 aromatic carbocycles. The van der Waals surface area contributed by atoms with Crippen molar-refractivity contribution in [1.29, 1.82) is 0 Å². The molecule has 34 heavy (non-hydrogen) atoms. The van der Waals surface area contributed by atoms with Gasteiger partial charge in [0.05, 0.1) is 29.2 Å². The zero-order chi connectivity index (χ0) is 24.2. The minimum Gasteiger partial charge on any atom is -0.492 e. The van der Waals surface area contributed by atoms with Gasteiger partial charge < -0.3 is 15.0 Å². The monoisotopic (exact) mass is 456 g/mol. The number of rotatable bonds is 6. The van der Waals surface area contributed by atoms with E-state index in [9.17, 15) is 9.59 Å². The average molecular weight is 457 g/mol. The molecule has 0 aliphatic heterocycles. The van der Waals surface area contributed by atoms with E-state index in [1.165, 1.54) is 0 Å². The molecule has 1 heterocycles. The lowest BCUT2D eigenvalue weighted by Gasteiger charge is -2.28. The van der Waals surface area contributed by atoms with Crippen molar-refractivity contribution < 1.29 is 9.53 Å². The topological polar surface area (TPSA) is 76.5 Å². The minimum absolute atomic E-state index is 0.215. The molecule has 0 spiro atoms. The summed E-state index contributed by atoms with van der Waals surface area (Å²) in [6.07, 6.45) is 0. The van der Waals surface area contributed by atoms with Gasteiger partial charge in [0.25, 0.3) is 5.56 Å². The van der Waals surface area contributed by atoms with Crippen LogP contribution in [0.15, 0.2) is 77.6 Å². The number of anilines is 1. The molecule has 4 aromatic rings. The number of aryl methyl sites for hydroxylation is 1. The van der Waals surface area contributed by atoms with Gasteiger partial charge in [0.1, 0.15) is 11.6 Å². The van der Waals surface area contributed by atoms with Crippen molar-refractivity contribution in [3.63, 3.8) is 0 Å². The third-order valence-corrected chi connectivity index (χ3v) is 5.87. The number of nitrogens with one attached hydrogen (secondary N) is 1. The van der Waals surface area contributed by atoms with Gasteiger partial charge in [0, 0.05) is 12.7 Å². The average Bonchev–Trinajstić information content (AvgIpc) is 2.85. The summed E-state index contributed by atoms with van der Waals surface area (Å²) in [6, 6.07) is 21.4. The van der Waals surface area contributed by atoms with Crippen LogP contribution in [0.5, 0.6) is 5.75 Å². The lowest BCUT2D eigenvalue weighted by Crippen LogP contribution is -2.37. The lowest BCUT2D eigenvalue weighted by atomic mass is 10.2. The number of nitrogens with zero attached hydrogens (tertiary/aromatic N) is 3.